The smallest absolute Gasteiger partial charge is 0.268 e. The number of carbonyl (C=O) groups excluding carboxylic acids is 2. The van der Waals surface area contributed by atoms with Crippen molar-refractivity contribution in [2.75, 3.05) is 31.6 Å². The van der Waals surface area contributed by atoms with Gasteiger partial charge in [-0.25, -0.2) is 14.6 Å². The van der Waals surface area contributed by atoms with Gasteiger partial charge in [0.2, 0.25) is 0 Å². The number of rotatable bonds is 8. The number of pyridine rings is 1. The summed E-state index contributed by atoms with van der Waals surface area (Å²) in [5, 5.41) is 6.67. The highest BCUT2D eigenvalue weighted by atomic mass is 16.5. The minimum Gasteiger partial charge on any atom is -0.497 e. The summed E-state index contributed by atoms with van der Waals surface area (Å²) in [6.45, 7) is 3.95. The lowest BCUT2D eigenvalue weighted by molar-refractivity contribution is -0.119. The summed E-state index contributed by atoms with van der Waals surface area (Å²) in [5.74, 6) is -0.134. The molecule has 9 nitrogen and oxygen atoms in total. The molecule has 3 aromatic heterocycles. The summed E-state index contributed by atoms with van der Waals surface area (Å²) in [7, 11) is 3.53. The Labute approximate surface area is 250 Å². The van der Waals surface area contributed by atoms with Gasteiger partial charge in [-0.1, -0.05) is 24.6 Å². The van der Waals surface area contributed by atoms with E-state index in [2.05, 4.69) is 9.88 Å². The number of hydrogen-bond acceptors (Lipinski definition) is 6. The van der Waals surface area contributed by atoms with Crippen LogP contribution in [0, 0.1) is 0 Å². The summed E-state index contributed by atoms with van der Waals surface area (Å²) in [4.78, 5) is 37.2. The summed E-state index contributed by atoms with van der Waals surface area (Å²) in [5.41, 5.74) is 4.00. The molecule has 0 atom stereocenters. The Balaban J connectivity index is 1.36. The first-order valence-electron chi connectivity index (χ1n) is 14.9. The van der Waals surface area contributed by atoms with Crippen LogP contribution in [0.3, 0.4) is 0 Å². The van der Waals surface area contributed by atoms with Crippen LogP contribution in [0.1, 0.15) is 36.9 Å². The molecule has 0 saturated carbocycles. The number of fused-ring (bicyclic) bond motifs is 2. The first-order chi connectivity index (χ1) is 21.0. The Kier molecular flexibility index (Phi) is 7.02. The summed E-state index contributed by atoms with van der Waals surface area (Å²) < 4.78 is 9.20. The minimum atomic E-state index is -0.401. The van der Waals surface area contributed by atoms with Crippen molar-refractivity contribution in [3.63, 3.8) is 0 Å². The van der Waals surface area contributed by atoms with Crippen molar-refractivity contribution in [3.8, 4) is 5.75 Å². The highest BCUT2D eigenvalue weighted by molar-refractivity contribution is 6.58. The molecule has 2 aliphatic rings. The molecule has 5 aromatic rings. The van der Waals surface area contributed by atoms with Gasteiger partial charge in [0.15, 0.2) is 5.65 Å². The molecule has 5 heterocycles. The number of hydrogen-bond donors (Lipinski definition) is 0. The molecule has 0 bridgehead atoms. The second-order valence-corrected chi connectivity index (χ2v) is 11.3. The standard InChI is InChI=1S/C34H34N6O3/c1-37-22-27(25-10-4-5-12-28(25)37)29-30(34(42)40(33(29)41)23-13-15-24(43-2)16-14-23)31-26-11-8-17-35-32(26)39(36-31)21-9-20-38-18-6-3-7-19-38/h4-5,8,10-17,22H,3,6-7,9,18-21H2,1-2H3. The fraction of sp³-hybridized carbons (Fsp3) is 0.294. The third-order valence-electron chi connectivity index (χ3n) is 8.62. The summed E-state index contributed by atoms with van der Waals surface area (Å²) >= 11 is 0. The van der Waals surface area contributed by atoms with E-state index in [-0.39, 0.29) is 5.91 Å². The number of imide groups is 1. The number of benzene rings is 2. The third kappa shape index (κ3) is 4.70. The van der Waals surface area contributed by atoms with Crippen LogP contribution < -0.4 is 9.64 Å². The second kappa shape index (κ2) is 11.1. The van der Waals surface area contributed by atoms with Crippen molar-refractivity contribution < 1.29 is 14.3 Å². The average molecular weight is 575 g/mol. The lowest BCUT2D eigenvalue weighted by Crippen LogP contribution is -2.31. The lowest BCUT2D eigenvalue weighted by Gasteiger charge is -2.26. The van der Waals surface area contributed by atoms with Crippen LogP contribution in [0.4, 0.5) is 5.69 Å². The van der Waals surface area contributed by atoms with Crippen molar-refractivity contribution in [1.82, 2.24) is 24.2 Å². The van der Waals surface area contributed by atoms with Gasteiger partial charge in [0.1, 0.15) is 11.4 Å². The number of carbonyl (C=O) groups is 2. The number of ether oxygens (including phenoxy) is 1. The van der Waals surface area contributed by atoms with Crippen LogP contribution in [0.25, 0.3) is 33.1 Å². The number of aromatic nitrogens is 4. The maximum Gasteiger partial charge on any atom is 0.268 e. The fourth-order valence-electron chi connectivity index (χ4n) is 6.48. The number of aryl methyl sites for hydroxylation is 2. The minimum absolute atomic E-state index is 0.296. The lowest BCUT2D eigenvalue weighted by atomic mass is 9.98. The van der Waals surface area contributed by atoms with E-state index in [1.807, 2.05) is 58.9 Å². The van der Waals surface area contributed by atoms with Crippen molar-refractivity contribution in [3.05, 3.63) is 84.3 Å². The van der Waals surface area contributed by atoms with E-state index >= 15 is 0 Å². The van der Waals surface area contributed by atoms with E-state index in [1.165, 1.54) is 24.2 Å². The van der Waals surface area contributed by atoms with E-state index in [0.29, 0.717) is 46.0 Å². The Morgan fingerprint density at radius 3 is 2.37 bits per heavy atom. The van der Waals surface area contributed by atoms with E-state index in [0.717, 1.165) is 42.3 Å². The number of piperidine rings is 1. The molecular weight excluding hydrogens is 540 g/mol. The highest BCUT2D eigenvalue weighted by Gasteiger charge is 2.43. The molecule has 0 N–H and O–H groups in total. The number of amides is 2. The third-order valence-corrected chi connectivity index (χ3v) is 8.62. The molecule has 2 aromatic carbocycles. The molecule has 2 aliphatic heterocycles. The van der Waals surface area contributed by atoms with Crippen LogP contribution in [0.2, 0.25) is 0 Å². The topological polar surface area (TPSA) is 85.5 Å². The Bertz CT molecular complexity index is 1880. The Morgan fingerprint density at radius 1 is 0.837 bits per heavy atom. The van der Waals surface area contributed by atoms with Crippen LogP contribution in [0.5, 0.6) is 5.75 Å². The Hall–Kier alpha value is -4.76. The first kappa shape index (κ1) is 27.1. The van der Waals surface area contributed by atoms with E-state index in [4.69, 9.17) is 9.84 Å². The first-order valence-corrected chi connectivity index (χ1v) is 14.9. The Morgan fingerprint density at radius 2 is 1.58 bits per heavy atom. The molecule has 0 unspecified atom stereocenters. The van der Waals surface area contributed by atoms with E-state index < -0.39 is 5.91 Å². The molecule has 0 radical (unpaired) electrons. The SMILES string of the molecule is COc1ccc(N2C(=O)C(c3cn(C)c4ccccc34)=C(c3nn(CCCN4CCCCC4)c4ncccc34)C2=O)cc1. The van der Waals surface area contributed by atoms with E-state index in [1.54, 1.807) is 37.6 Å². The van der Waals surface area contributed by atoms with Gasteiger partial charge in [0.25, 0.3) is 11.8 Å². The molecule has 1 saturated heterocycles. The van der Waals surface area contributed by atoms with Crippen LogP contribution in [-0.4, -0.2) is 62.8 Å². The van der Waals surface area contributed by atoms with Gasteiger partial charge in [-0.05, 0) is 81.4 Å². The van der Waals surface area contributed by atoms with E-state index in [9.17, 15) is 9.59 Å². The van der Waals surface area contributed by atoms with Crippen LogP contribution in [0.15, 0.2) is 73.1 Å². The van der Waals surface area contributed by atoms with Crippen LogP contribution >= 0.6 is 0 Å². The molecular formula is C34H34N6O3. The van der Waals surface area contributed by atoms with Crippen molar-refractivity contribution in [1.29, 1.82) is 0 Å². The number of nitrogens with zero attached hydrogens (tertiary/aromatic N) is 6. The van der Waals surface area contributed by atoms with Crippen molar-refractivity contribution in [2.24, 2.45) is 7.05 Å². The van der Waals surface area contributed by atoms with Gasteiger partial charge >= 0.3 is 0 Å². The van der Waals surface area contributed by atoms with Crippen molar-refractivity contribution in [2.45, 2.75) is 32.2 Å². The fourth-order valence-corrected chi connectivity index (χ4v) is 6.48. The maximum absolute atomic E-state index is 14.4. The van der Waals surface area contributed by atoms with Crippen molar-refractivity contribution >= 4 is 50.6 Å². The van der Waals surface area contributed by atoms with Gasteiger partial charge in [-0.2, -0.15) is 5.10 Å². The second-order valence-electron chi connectivity index (χ2n) is 11.3. The predicted octanol–water partition coefficient (Wildman–Crippen LogP) is 5.29. The zero-order chi connectivity index (χ0) is 29.5. The number of para-hydroxylation sites is 1. The summed E-state index contributed by atoms with van der Waals surface area (Å²) in [6, 6.07) is 18.7. The molecule has 0 aliphatic carbocycles. The van der Waals surface area contributed by atoms with Gasteiger partial charge in [-0.3, -0.25) is 9.59 Å². The quantitative estimate of drug-likeness (QED) is 0.234. The van der Waals surface area contributed by atoms with Crippen LogP contribution in [-0.2, 0) is 23.2 Å². The molecule has 218 valence electrons. The van der Waals surface area contributed by atoms with Gasteiger partial charge in [0, 0.05) is 47.8 Å². The van der Waals surface area contributed by atoms with Gasteiger partial charge in [-0.15, -0.1) is 0 Å². The molecule has 43 heavy (non-hydrogen) atoms. The molecule has 0 spiro atoms. The monoisotopic (exact) mass is 574 g/mol. The largest absolute Gasteiger partial charge is 0.497 e. The number of methoxy groups -OCH3 is 1. The zero-order valence-electron chi connectivity index (χ0n) is 24.5. The summed E-state index contributed by atoms with van der Waals surface area (Å²) in [6.07, 6.45) is 8.42. The van der Waals surface area contributed by atoms with Gasteiger partial charge in [0.05, 0.1) is 23.9 Å². The average Bonchev–Trinajstić information content (AvgIpc) is 3.66. The number of likely N-dealkylation sites (tertiary alicyclic amines) is 1. The molecule has 7 rings (SSSR count). The number of anilines is 1. The zero-order valence-corrected chi connectivity index (χ0v) is 24.5. The normalized spacial score (nSPS) is 16.3. The predicted molar refractivity (Wildman–Crippen MR) is 168 cm³/mol. The highest BCUT2D eigenvalue weighted by Crippen LogP contribution is 2.42. The molecule has 1 fully saturated rings. The van der Waals surface area contributed by atoms with Gasteiger partial charge < -0.3 is 14.2 Å². The molecule has 2 amide bonds. The molecule has 9 heteroatoms. The maximum atomic E-state index is 14.4.